The van der Waals surface area contributed by atoms with Gasteiger partial charge in [-0.3, -0.25) is 4.79 Å². The molecule has 0 aromatic heterocycles. The predicted octanol–water partition coefficient (Wildman–Crippen LogP) is 4.31. The highest BCUT2D eigenvalue weighted by Crippen LogP contribution is 2.44. The third-order valence-corrected chi connectivity index (χ3v) is 6.84. The predicted molar refractivity (Wildman–Crippen MR) is 134 cm³/mol. The van der Waals surface area contributed by atoms with E-state index in [1.807, 2.05) is 50.2 Å². The van der Waals surface area contributed by atoms with Crippen LogP contribution in [0.25, 0.3) is 11.1 Å². The molecule has 1 atom stereocenters. The molecule has 1 unspecified atom stereocenters. The summed E-state index contributed by atoms with van der Waals surface area (Å²) in [4.78, 5) is 37.2. The maximum absolute atomic E-state index is 13.0. The lowest BCUT2D eigenvalue weighted by Gasteiger charge is -2.31. The molecule has 35 heavy (non-hydrogen) atoms. The molecule has 1 aliphatic carbocycles. The molecule has 0 radical (unpaired) electrons. The molecule has 3 rings (SSSR count). The van der Waals surface area contributed by atoms with Crippen molar-refractivity contribution in [2.75, 3.05) is 13.2 Å². The van der Waals surface area contributed by atoms with Crippen LogP contribution in [-0.2, 0) is 14.3 Å². The fourth-order valence-corrected chi connectivity index (χ4v) is 4.51. The summed E-state index contributed by atoms with van der Waals surface area (Å²) >= 11 is 0. The lowest BCUT2D eigenvalue weighted by Crippen LogP contribution is -2.52. The van der Waals surface area contributed by atoms with Gasteiger partial charge < -0.3 is 20.5 Å². The minimum Gasteiger partial charge on any atom is -0.480 e. The summed E-state index contributed by atoms with van der Waals surface area (Å²) in [6.45, 7) is 5.50. The lowest BCUT2D eigenvalue weighted by molar-refractivity contribution is -0.144. The zero-order valence-corrected chi connectivity index (χ0v) is 20.4. The van der Waals surface area contributed by atoms with Gasteiger partial charge in [0.1, 0.15) is 12.6 Å². The van der Waals surface area contributed by atoms with E-state index in [2.05, 4.69) is 34.6 Å². The third kappa shape index (κ3) is 5.65. The molecule has 0 saturated heterocycles. The van der Waals surface area contributed by atoms with Crippen LogP contribution in [0.5, 0.6) is 0 Å². The Bertz CT molecular complexity index is 1100. The Hall–Kier alpha value is -3.79. The van der Waals surface area contributed by atoms with Gasteiger partial charge >= 0.3 is 12.1 Å². The number of nitrogens with one attached hydrogen (secondary N) is 2. The molecule has 7 heteroatoms. The number of aliphatic carboxylic acids is 1. The van der Waals surface area contributed by atoms with Crippen LogP contribution < -0.4 is 10.6 Å². The number of carbonyl (C=O) groups excluding carboxylic acids is 2. The van der Waals surface area contributed by atoms with Gasteiger partial charge in [-0.1, -0.05) is 62.4 Å². The molecule has 2 aromatic carbocycles. The first-order chi connectivity index (χ1) is 16.9. The molecule has 0 aliphatic heterocycles. The number of benzene rings is 2. The molecular weight excluding hydrogens is 444 g/mol. The maximum atomic E-state index is 13.0. The molecule has 0 saturated carbocycles. The van der Waals surface area contributed by atoms with Crippen LogP contribution >= 0.6 is 0 Å². The number of carboxylic acid groups (broad SMARTS) is 1. The highest BCUT2D eigenvalue weighted by Gasteiger charge is 2.37. The van der Waals surface area contributed by atoms with Gasteiger partial charge in [-0.25, -0.2) is 9.59 Å². The smallest absolute Gasteiger partial charge is 0.407 e. The molecule has 2 amide bonds. The number of fused-ring (bicyclic) bond motifs is 3. The number of amides is 2. The number of rotatable bonds is 10. The van der Waals surface area contributed by atoms with Crippen molar-refractivity contribution in [2.45, 2.75) is 52.0 Å². The average molecular weight is 477 g/mol. The summed E-state index contributed by atoms with van der Waals surface area (Å²) in [6.07, 6.45) is 0.244. The second-order valence-electron chi connectivity index (χ2n) is 8.66. The average Bonchev–Trinajstić information content (AvgIpc) is 3.19. The molecule has 0 spiro atoms. The van der Waals surface area contributed by atoms with Crippen molar-refractivity contribution in [1.82, 2.24) is 10.6 Å². The Morgan fingerprint density at radius 2 is 1.60 bits per heavy atom. The summed E-state index contributed by atoms with van der Waals surface area (Å²) in [7, 11) is 0. The fourth-order valence-electron chi connectivity index (χ4n) is 4.51. The van der Waals surface area contributed by atoms with E-state index in [1.165, 1.54) is 0 Å². The normalized spacial score (nSPS) is 13.0. The van der Waals surface area contributed by atoms with Gasteiger partial charge in [-0.2, -0.15) is 0 Å². The standard InChI is InChI=1S/C28H32N2O5/c1-4-7-16-24(25(31)32)30-26(33)28(5-2,6-3)18-29-27(34)35-17-23-21-14-10-8-12-19(21)20-13-9-11-15-22(20)23/h8-15,23-24H,5-6,16-18H2,1-3H3,(H,29,34)(H,30,33)(H,31,32). The molecule has 0 fully saturated rings. The highest BCUT2D eigenvalue weighted by atomic mass is 16.5. The Morgan fingerprint density at radius 1 is 1.03 bits per heavy atom. The maximum Gasteiger partial charge on any atom is 0.407 e. The first kappa shape index (κ1) is 25.8. The number of ether oxygens (including phenoxy) is 1. The minimum absolute atomic E-state index is 0.0148. The van der Waals surface area contributed by atoms with Gasteiger partial charge in [0.2, 0.25) is 5.91 Å². The van der Waals surface area contributed by atoms with Gasteiger partial charge in [0, 0.05) is 18.9 Å². The molecule has 3 N–H and O–H groups in total. The highest BCUT2D eigenvalue weighted by molar-refractivity contribution is 5.88. The molecule has 0 heterocycles. The van der Waals surface area contributed by atoms with Gasteiger partial charge in [0.25, 0.3) is 0 Å². The van der Waals surface area contributed by atoms with Crippen LogP contribution in [-0.4, -0.2) is 42.3 Å². The van der Waals surface area contributed by atoms with Gasteiger partial charge in [-0.15, -0.1) is 11.8 Å². The zero-order valence-electron chi connectivity index (χ0n) is 20.4. The van der Waals surface area contributed by atoms with E-state index in [9.17, 15) is 19.5 Å². The molecule has 7 nitrogen and oxygen atoms in total. The van der Waals surface area contributed by atoms with Crippen LogP contribution in [0.4, 0.5) is 4.79 Å². The molecule has 0 bridgehead atoms. The van der Waals surface area contributed by atoms with E-state index >= 15 is 0 Å². The van der Waals surface area contributed by atoms with Crippen molar-refractivity contribution >= 4 is 18.0 Å². The Labute approximate surface area is 206 Å². The summed E-state index contributed by atoms with van der Waals surface area (Å²) in [5.41, 5.74) is 3.56. The van der Waals surface area contributed by atoms with Crippen molar-refractivity contribution in [2.24, 2.45) is 5.41 Å². The molecular formula is C28H32N2O5. The van der Waals surface area contributed by atoms with Crippen molar-refractivity contribution < 1.29 is 24.2 Å². The van der Waals surface area contributed by atoms with E-state index in [0.717, 1.165) is 22.3 Å². The monoisotopic (exact) mass is 476 g/mol. The first-order valence-corrected chi connectivity index (χ1v) is 11.9. The van der Waals surface area contributed by atoms with E-state index < -0.39 is 29.4 Å². The quantitative estimate of drug-likeness (QED) is 0.443. The minimum atomic E-state index is -1.15. The van der Waals surface area contributed by atoms with Crippen LogP contribution in [0.1, 0.15) is 57.1 Å². The van der Waals surface area contributed by atoms with E-state index in [0.29, 0.717) is 12.8 Å². The Balaban J connectivity index is 1.63. The van der Waals surface area contributed by atoms with E-state index in [-0.39, 0.29) is 25.5 Å². The molecule has 2 aromatic rings. The van der Waals surface area contributed by atoms with Crippen molar-refractivity contribution in [3.05, 3.63) is 59.7 Å². The largest absolute Gasteiger partial charge is 0.480 e. The number of carboxylic acids is 1. The first-order valence-electron chi connectivity index (χ1n) is 11.9. The van der Waals surface area contributed by atoms with Crippen LogP contribution in [0.15, 0.2) is 48.5 Å². The summed E-state index contributed by atoms with van der Waals surface area (Å²) < 4.78 is 5.58. The second kappa shape index (κ2) is 11.6. The zero-order chi connectivity index (χ0) is 25.4. The Morgan fingerprint density at radius 3 is 2.11 bits per heavy atom. The van der Waals surface area contributed by atoms with Crippen molar-refractivity contribution in [1.29, 1.82) is 0 Å². The second-order valence-corrected chi connectivity index (χ2v) is 8.66. The van der Waals surface area contributed by atoms with Gasteiger partial charge in [0.05, 0.1) is 5.41 Å². The summed E-state index contributed by atoms with van der Waals surface area (Å²) in [5.74, 6) is 3.71. The number of hydrogen-bond donors (Lipinski definition) is 3. The summed E-state index contributed by atoms with van der Waals surface area (Å²) in [5, 5.41) is 14.7. The van der Waals surface area contributed by atoms with Gasteiger partial charge in [-0.05, 0) is 42.0 Å². The fraction of sp³-hybridized carbons (Fsp3) is 0.393. The number of hydrogen-bond acceptors (Lipinski definition) is 4. The number of carbonyl (C=O) groups is 3. The van der Waals surface area contributed by atoms with Gasteiger partial charge in [0.15, 0.2) is 0 Å². The Kier molecular flexibility index (Phi) is 8.53. The van der Waals surface area contributed by atoms with E-state index in [4.69, 9.17) is 4.74 Å². The van der Waals surface area contributed by atoms with Crippen molar-refractivity contribution in [3.63, 3.8) is 0 Å². The topological polar surface area (TPSA) is 105 Å². The SMILES string of the molecule is CC#CCC(NC(=O)C(CC)(CC)CNC(=O)OCC1c2ccccc2-c2ccccc21)C(=O)O. The third-order valence-electron chi connectivity index (χ3n) is 6.84. The summed E-state index contributed by atoms with van der Waals surface area (Å²) in [6, 6.07) is 15.1. The number of alkyl carbamates (subject to hydrolysis) is 1. The van der Waals surface area contributed by atoms with E-state index in [1.54, 1.807) is 6.92 Å². The molecule has 184 valence electrons. The molecule has 1 aliphatic rings. The van der Waals surface area contributed by atoms with Crippen LogP contribution in [0.2, 0.25) is 0 Å². The van der Waals surface area contributed by atoms with Crippen LogP contribution in [0, 0.1) is 17.3 Å². The lowest BCUT2D eigenvalue weighted by atomic mass is 9.81. The van der Waals surface area contributed by atoms with Crippen LogP contribution in [0.3, 0.4) is 0 Å². The van der Waals surface area contributed by atoms with Crippen molar-refractivity contribution in [3.8, 4) is 23.0 Å².